The van der Waals surface area contributed by atoms with Crippen LogP contribution >= 0.6 is 0 Å². The number of carbonyl (C=O) groups is 2. The van der Waals surface area contributed by atoms with Gasteiger partial charge in [0.05, 0.1) is 12.9 Å². The molecule has 0 aliphatic heterocycles. The predicted octanol–water partition coefficient (Wildman–Crippen LogP) is 2.74. The number of rotatable bonds is 10. The Morgan fingerprint density at radius 1 is 1.15 bits per heavy atom. The van der Waals surface area contributed by atoms with Crippen molar-refractivity contribution >= 4 is 12.0 Å². The van der Waals surface area contributed by atoms with Crippen molar-refractivity contribution in [2.75, 3.05) is 13.7 Å². The van der Waals surface area contributed by atoms with Crippen molar-refractivity contribution in [2.24, 2.45) is 0 Å². The summed E-state index contributed by atoms with van der Waals surface area (Å²) in [6.45, 7) is 0.263. The van der Waals surface area contributed by atoms with Crippen LogP contribution in [-0.4, -0.2) is 36.9 Å². The minimum Gasteiger partial charge on any atom is -0.481 e. The molecule has 0 saturated heterocycles. The van der Waals surface area contributed by atoms with E-state index < -0.39 is 18.0 Å². The number of ether oxygens (including phenoxy) is 1. The normalized spacial score (nSPS) is 13.0. The third-order valence-electron chi connectivity index (χ3n) is 3.89. The maximum atomic E-state index is 12.4. The first-order valence-electron chi connectivity index (χ1n) is 8.43. The van der Waals surface area contributed by atoms with Crippen LogP contribution in [0, 0.1) is 0 Å². The number of methoxy groups -OCH3 is 1. The zero-order valence-electron chi connectivity index (χ0n) is 14.7. The lowest BCUT2D eigenvalue weighted by Gasteiger charge is -2.21. The molecule has 0 aliphatic carbocycles. The Bertz CT molecular complexity index is 673. The number of nitrogens with one attached hydrogen (secondary N) is 2. The highest BCUT2D eigenvalue weighted by molar-refractivity contribution is 5.75. The number of hydrogen-bond donors (Lipinski definition) is 3. The molecule has 2 aromatic rings. The van der Waals surface area contributed by atoms with Crippen LogP contribution in [0.15, 0.2) is 53.1 Å². The highest BCUT2D eigenvalue weighted by atomic mass is 16.5. The number of aliphatic carboxylic acids is 1. The van der Waals surface area contributed by atoms with Crippen LogP contribution in [0.25, 0.3) is 0 Å². The van der Waals surface area contributed by atoms with E-state index in [9.17, 15) is 9.59 Å². The minimum absolute atomic E-state index is 0.0164. The summed E-state index contributed by atoms with van der Waals surface area (Å²) >= 11 is 0. The van der Waals surface area contributed by atoms with Gasteiger partial charge in [0, 0.05) is 19.6 Å². The van der Waals surface area contributed by atoms with Crippen LogP contribution in [0.2, 0.25) is 0 Å². The number of urea groups is 1. The molecular weight excluding hydrogens is 336 g/mol. The number of carboxylic acid groups (broad SMARTS) is 1. The molecule has 140 valence electrons. The largest absolute Gasteiger partial charge is 0.481 e. The average Bonchev–Trinajstić information content (AvgIpc) is 3.15. The molecular formula is C19H24N2O5. The van der Waals surface area contributed by atoms with Crippen molar-refractivity contribution in [3.8, 4) is 0 Å². The van der Waals surface area contributed by atoms with Crippen LogP contribution in [0.5, 0.6) is 0 Å². The van der Waals surface area contributed by atoms with Gasteiger partial charge in [-0.1, -0.05) is 30.3 Å². The molecule has 2 rings (SSSR count). The van der Waals surface area contributed by atoms with Crippen LogP contribution < -0.4 is 10.6 Å². The van der Waals surface area contributed by atoms with Crippen LogP contribution in [0.3, 0.4) is 0 Å². The minimum atomic E-state index is -0.891. The van der Waals surface area contributed by atoms with E-state index in [0.29, 0.717) is 18.6 Å². The van der Waals surface area contributed by atoms with E-state index in [1.54, 1.807) is 19.2 Å². The van der Waals surface area contributed by atoms with E-state index >= 15 is 0 Å². The fraction of sp³-hybridized carbons (Fsp3) is 0.368. The number of carbonyl (C=O) groups excluding carboxylic acids is 1. The van der Waals surface area contributed by atoms with Gasteiger partial charge in [0.1, 0.15) is 11.8 Å². The lowest BCUT2D eigenvalue weighted by atomic mass is 10.0. The Morgan fingerprint density at radius 3 is 2.54 bits per heavy atom. The summed E-state index contributed by atoms with van der Waals surface area (Å²) < 4.78 is 10.5. The van der Waals surface area contributed by atoms with E-state index in [-0.39, 0.29) is 19.1 Å². The smallest absolute Gasteiger partial charge is 0.315 e. The van der Waals surface area contributed by atoms with Gasteiger partial charge in [-0.05, 0) is 30.5 Å². The monoisotopic (exact) mass is 360 g/mol. The molecule has 3 N–H and O–H groups in total. The van der Waals surface area contributed by atoms with Crippen molar-refractivity contribution in [1.29, 1.82) is 0 Å². The summed E-state index contributed by atoms with van der Waals surface area (Å²) in [5.41, 5.74) is 1.03. The third kappa shape index (κ3) is 6.60. The second kappa shape index (κ2) is 10.2. The van der Waals surface area contributed by atoms with Gasteiger partial charge in [0.2, 0.25) is 0 Å². The standard InChI is InChI=1S/C19H24N2O5/c1-25-13-16(17-8-5-11-26-17)21-19(24)20-15(9-10-18(22)23)12-14-6-3-2-4-7-14/h2-8,11,15-16H,9-10,12-13H2,1H3,(H,22,23)(H2,20,21,24). The zero-order valence-corrected chi connectivity index (χ0v) is 14.7. The van der Waals surface area contributed by atoms with Gasteiger partial charge in [-0.15, -0.1) is 0 Å². The fourth-order valence-corrected chi connectivity index (χ4v) is 2.66. The van der Waals surface area contributed by atoms with Gasteiger partial charge in [0.15, 0.2) is 0 Å². The molecule has 1 aromatic heterocycles. The van der Waals surface area contributed by atoms with Crippen LogP contribution in [0.4, 0.5) is 4.79 Å². The lowest BCUT2D eigenvalue weighted by Crippen LogP contribution is -2.45. The fourth-order valence-electron chi connectivity index (χ4n) is 2.66. The molecule has 1 heterocycles. The summed E-state index contributed by atoms with van der Waals surface area (Å²) in [6.07, 6.45) is 2.41. The Hall–Kier alpha value is -2.80. The molecule has 0 fully saturated rings. The second-order valence-electron chi connectivity index (χ2n) is 5.96. The second-order valence-corrected chi connectivity index (χ2v) is 5.96. The predicted molar refractivity (Wildman–Crippen MR) is 95.8 cm³/mol. The molecule has 0 saturated carbocycles. The molecule has 0 radical (unpaired) electrons. The summed E-state index contributed by atoms with van der Waals surface area (Å²) in [7, 11) is 1.54. The highest BCUT2D eigenvalue weighted by Crippen LogP contribution is 2.14. The van der Waals surface area contributed by atoms with Crippen molar-refractivity contribution in [3.05, 3.63) is 60.1 Å². The van der Waals surface area contributed by atoms with Crippen molar-refractivity contribution in [3.63, 3.8) is 0 Å². The van der Waals surface area contributed by atoms with Gasteiger partial charge >= 0.3 is 12.0 Å². The molecule has 2 unspecified atom stereocenters. The molecule has 0 bridgehead atoms. The number of benzene rings is 1. The van der Waals surface area contributed by atoms with Crippen LogP contribution in [0.1, 0.15) is 30.2 Å². The Kier molecular flexibility index (Phi) is 7.70. The van der Waals surface area contributed by atoms with Gasteiger partial charge in [0.25, 0.3) is 0 Å². The number of furan rings is 1. The molecule has 0 spiro atoms. The first-order valence-corrected chi connectivity index (χ1v) is 8.43. The third-order valence-corrected chi connectivity index (χ3v) is 3.89. The van der Waals surface area contributed by atoms with E-state index in [1.165, 1.54) is 6.26 Å². The zero-order chi connectivity index (χ0) is 18.8. The summed E-state index contributed by atoms with van der Waals surface area (Å²) in [6, 6.07) is 12.0. The van der Waals surface area contributed by atoms with Gasteiger partial charge < -0.3 is 24.9 Å². The van der Waals surface area contributed by atoms with Crippen molar-refractivity contribution in [1.82, 2.24) is 10.6 Å². The maximum absolute atomic E-state index is 12.4. The number of hydrogen-bond acceptors (Lipinski definition) is 4. The maximum Gasteiger partial charge on any atom is 0.315 e. The molecule has 1 aromatic carbocycles. The van der Waals surface area contributed by atoms with Gasteiger partial charge in [-0.3, -0.25) is 4.79 Å². The summed E-state index contributed by atoms with van der Waals surface area (Å²) in [4.78, 5) is 23.3. The van der Waals surface area contributed by atoms with E-state index in [4.69, 9.17) is 14.3 Å². The van der Waals surface area contributed by atoms with E-state index in [0.717, 1.165) is 5.56 Å². The molecule has 2 amide bonds. The summed E-state index contributed by atoms with van der Waals surface area (Å²) in [5, 5.41) is 14.6. The topological polar surface area (TPSA) is 101 Å². The highest BCUT2D eigenvalue weighted by Gasteiger charge is 2.20. The molecule has 7 heteroatoms. The van der Waals surface area contributed by atoms with E-state index in [2.05, 4.69) is 10.6 Å². The lowest BCUT2D eigenvalue weighted by molar-refractivity contribution is -0.137. The summed E-state index contributed by atoms with van der Waals surface area (Å²) in [5.74, 6) is -0.301. The number of carboxylic acids is 1. The Morgan fingerprint density at radius 2 is 1.92 bits per heavy atom. The Labute approximate surface area is 152 Å². The SMILES string of the molecule is COCC(NC(=O)NC(CCC(=O)O)Cc1ccccc1)c1ccco1. The van der Waals surface area contributed by atoms with Gasteiger partial charge in [-0.2, -0.15) is 0 Å². The molecule has 26 heavy (non-hydrogen) atoms. The Balaban J connectivity index is 1.98. The number of amides is 2. The quantitative estimate of drug-likeness (QED) is 0.605. The average molecular weight is 360 g/mol. The molecule has 0 aliphatic rings. The van der Waals surface area contributed by atoms with Crippen molar-refractivity contribution in [2.45, 2.75) is 31.3 Å². The van der Waals surface area contributed by atoms with Crippen molar-refractivity contribution < 1.29 is 23.8 Å². The van der Waals surface area contributed by atoms with E-state index in [1.807, 2.05) is 30.3 Å². The molecule has 2 atom stereocenters. The first kappa shape index (κ1) is 19.5. The van der Waals surface area contributed by atoms with Crippen LogP contribution in [-0.2, 0) is 16.0 Å². The first-order chi connectivity index (χ1) is 12.6. The molecule has 7 nitrogen and oxygen atoms in total. The van der Waals surface area contributed by atoms with Gasteiger partial charge in [-0.25, -0.2) is 4.79 Å².